The summed E-state index contributed by atoms with van der Waals surface area (Å²) in [6.45, 7) is 6.58. The number of anilines is 1. The Balaban J connectivity index is 1.35. The highest BCUT2D eigenvalue weighted by Crippen LogP contribution is 2.28. The summed E-state index contributed by atoms with van der Waals surface area (Å²) in [4.78, 5) is 17.4. The summed E-state index contributed by atoms with van der Waals surface area (Å²) in [6, 6.07) is 6.44. The summed E-state index contributed by atoms with van der Waals surface area (Å²) in [5, 5.41) is 3.22. The molecule has 2 saturated heterocycles. The molecule has 0 spiro atoms. The Hall–Kier alpha value is -1.59. The third-order valence-electron chi connectivity index (χ3n) is 6.06. The summed E-state index contributed by atoms with van der Waals surface area (Å²) in [6.07, 6.45) is 7.05. The molecule has 5 heteroatoms. The summed E-state index contributed by atoms with van der Waals surface area (Å²) in [5.41, 5.74) is 3.80. The fourth-order valence-corrected chi connectivity index (χ4v) is 4.64. The van der Waals surface area contributed by atoms with Crippen molar-refractivity contribution >= 4 is 11.7 Å². The first-order valence-corrected chi connectivity index (χ1v) is 10.3. The van der Waals surface area contributed by atoms with E-state index in [-0.39, 0.29) is 6.03 Å². The Kier molecular flexibility index (Phi) is 5.75. The average Bonchev–Trinajstić information content (AvgIpc) is 2.69. The highest BCUT2D eigenvalue weighted by atomic mass is 16.5. The van der Waals surface area contributed by atoms with Crippen LogP contribution in [0.3, 0.4) is 0 Å². The first kappa shape index (κ1) is 17.8. The van der Waals surface area contributed by atoms with Crippen LogP contribution in [0.1, 0.15) is 36.8 Å². The second-order valence-electron chi connectivity index (χ2n) is 7.95. The van der Waals surface area contributed by atoms with E-state index >= 15 is 0 Å². The summed E-state index contributed by atoms with van der Waals surface area (Å²) in [5.74, 6) is 0.581. The molecule has 1 aromatic carbocycles. The normalized spacial score (nSPS) is 24.2. The average molecular weight is 357 g/mol. The monoisotopic (exact) mass is 357 g/mol. The number of carbonyl (C=O) groups is 1. The molecule has 2 heterocycles. The SMILES string of the molecule is O=C(Nc1cccc2c1CCCC2)N1CCCC(CN2CCOCC2)C1. The van der Waals surface area contributed by atoms with Gasteiger partial charge in [0.05, 0.1) is 13.2 Å². The van der Waals surface area contributed by atoms with Gasteiger partial charge < -0.3 is 15.0 Å². The highest BCUT2D eigenvalue weighted by molar-refractivity contribution is 5.90. The number of ether oxygens (including phenoxy) is 1. The Morgan fingerprint density at radius 3 is 2.85 bits per heavy atom. The predicted molar refractivity (Wildman–Crippen MR) is 104 cm³/mol. The van der Waals surface area contributed by atoms with E-state index in [4.69, 9.17) is 4.74 Å². The van der Waals surface area contributed by atoms with Crippen molar-refractivity contribution in [3.8, 4) is 0 Å². The Morgan fingerprint density at radius 1 is 1.12 bits per heavy atom. The van der Waals surface area contributed by atoms with E-state index < -0.39 is 0 Å². The number of aryl methyl sites for hydroxylation is 1. The fourth-order valence-electron chi connectivity index (χ4n) is 4.64. The predicted octanol–water partition coefficient (Wildman–Crippen LogP) is 3.14. The number of nitrogens with one attached hydrogen (secondary N) is 1. The molecule has 5 nitrogen and oxygen atoms in total. The zero-order chi connectivity index (χ0) is 17.8. The van der Waals surface area contributed by atoms with Gasteiger partial charge in [-0.2, -0.15) is 0 Å². The van der Waals surface area contributed by atoms with Crippen LogP contribution in [0, 0.1) is 5.92 Å². The van der Waals surface area contributed by atoms with Crippen LogP contribution < -0.4 is 5.32 Å². The number of likely N-dealkylation sites (tertiary alicyclic amines) is 1. The lowest BCUT2D eigenvalue weighted by Gasteiger charge is -2.37. The molecule has 0 radical (unpaired) electrons. The number of rotatable bonds is 3. The molecule has 1 unspecified atom stereocenters. The molecular weight excluding hydrogens is 326 g/mol. The second-order valence-corrected chi connectivity index (χ2v) is 7.95. The molecule has 0 bridgehead atoms. The van der Waals surface area contributed by atoms with Crippen molar-refractivity contribution in [1.82, 2.24) is 9.80 Å². The van der Waals surface area contributed by atoms with Gasteiger partial charge in [-0.1, -0.05) is 12.1 Å². The topological polar surface area (TPSA) is 44.8 Å². The molecule has 2 fully saturated rings. The maximum atomic E-state index is 12.9. The number of carbonyl (C=O) groups excluding carboxylic acids is 1. The van der Waals surface area contributed by atoms with E-state index in [0.717, 1.165) is 70.9 Å². The lowest BCUT2D eigenvalue weighted by molar-refractivity contribution is 0.0252. The molecule has 1 N–H and O–H groups in total. The van der Waals surface area contributed by atoms with Gasteiger partial charge in [0.1, 0.15) is 0 Å². The second kappa shape index (κ2) is 8.40. The van der Waals surface area contributed by atoms with Crippen LogP contribution in [-0.4, -0.2) is 61.8 Å². The lowest BCUT2D eigenvalue weighted by Crippen LogP contribution is -2.47. The third kappa shape index (κ3) is 4.21. The van der Waals surface area contributed by atoms with Crippen LogP contribution in [-0.2, 0) is 17.6 Å². The van der Waals surface area contributed by atoms with Crippen molar-refractivity contribution in [3.05, 3.63) is 29.3 Å². The fraction of sp³-hybridized carbons (Fsp3) is 0.667. The number of hydrogen-bond donors (Lipinski definition) is 1. The third-order valence-corrected chi connectivity index (χ3v) is 6.06. The van der Waals surface area contributed by atoms with Gasteiger partial charge >= 0.3 is 6.03 Å². The number of amides is 2. The summed E-state index contributed by atoms with van der Waals surface area (Å²) in [7, 11) is 0. The van der Waals surface area contributed by atoms with Crippen LogP contribution in [0.2, 0.25) is 0 Å². The Bertz CT molecular complexity index is 628. The first-order chi connectivity index (χ1) is 12.8. The van der Waals surface area contributed by atoms with E-state index in [9.17, 15) is 4.79 Å². The maximum Gasteiger partial charge on any atom is 0.321 e. The Morgan fingerprint density at radius 2 is 1.96 bits per heavy atom. The molecule has 3 aliphatic rings. The van der Waals surface area contributed by atoms with E-state index in [1.54, 1.807) is 0 Å². The standard InChI is InChI=1S/C21H31N3O2/c25-21(22-20-9-3-7-18-6-1-2-8-19(18)20)24-10-4-5-17(16-24)15-23-11-13-26-14-12-23/h3,7,9,17H,1-2,4-6,8,10-16H2,(H,22,25). The molecule has 4 rings (SSSR count). The number of benzene rings is 1. The maximum absolute atomic E-state index is 12.9. The van der Waals surface area contributed by atoms with Crippen molar-refractivity contribution in [1.29, 1.82) is 0 Å². The molecule has 0 saturated carbocycles. The van der Waals surface area contributed by atoms with E-state index in [2.05, 4.69) is 28.4 Å². The molecular formula is C21H31N3O2. The quantitative estimate of drug-likeness (QED) is 0.904. The summed E-state index contributed by atoms with van der Waals surface area (Å²) >= 11 is 0. The van der Waals surface area contributed by atoms with Gasteiger partial charge in [0.2, 0.25) is 0 Å². The van der Waals surface area contributed by atoms with E-state index in [1.165, 1.54) is 30.4 Å². The van der Waals surface area contributed by atoms with Gasteiger partial charge in [-0.3, -0.25) is 4.90 Å². The molecule has 142 valence electrons. The molecule has 1 atom stereocenters. The van der Waals surface area contributed by atoms with Crippen molar-refractivity contribution in [2.75, 3.05) is 51.3 Å². The summed E-state index contributed by atoms with van der Waals surface area (Å²) < 4.78 is 5.44. The van der Waals surface area contributed by atoms with Gasteiger partial charge in [-0.15, -0.1) is 0 Å². The largest absolute Gasteiger partial charge is 0.379 e. The number of urea groups is 1. The number of morpholine rings is 1. The zero-order valence-electron chi connectivity index (χ0n) is 15.7. The van der Waals surface area contributed by atoms with Crippen molar-refractivity contribution in [2.24, 2.45) is 5.92 Å². The van der Waals surface area contributed by atoms with Crippen LogP contribution in [0.4, 0.5) is 10.5 Å². The lowest BCUT2D eigenvalue weighted by atomic mass is 9.90. The van der Waals surface area contributed by atoms with Crippen LogP contribution in [0.5, 0.6) is 0 Å². The molecule has 0 aromatic heterocycles. The van der Waals surface area contributed by atoms with E-state index in [0.29, 0.717) is 5.92 Å². The van der Waals surface area contributed by atoms with Crippen LogP contribution in [0.25, 0.3) is 0 Å². The molecule has 26 heavy (non-hydrogen) atoms. The number of fused-ring (bicyclic) bond motifs is 1. The molecule has 2 aliphatic heterocycles. The number of hydrogen-bond acceptors (Lipinski definition) is 3. The van der Waals surface area contributed by atoms with Gasteiger partial charge in [-0.05, 0) is 61.6 Å². The van der Waals surface area contributed by atoms with Crippen molar-refractivity contribution in [3.63, 3.8) is 0 Å². The molecule has 1 aliphatic carbocycles. The minimum atomic E-state index is 0.0793. The van der Waals surface area contributed by atoms with Gasteiger partial charge in [0.15, 0.2) is 0 Å². The Labute approximate surface area is 156 Å². The minimum Gasteiger partial charge on any atom is -0.379 e. The van der Waals surface area contributed by atoms with Gasteiger partial charge in [0.25, 0.3) is 0 Å². The van der Waals surface area contributed by atoms with Crippen LogP contribution >= 0.6 is 0 Å². The smallest absolute Gasteiger partial charge is 0.321 e. The highest BCUT2D eigenvalue weighted by Gasteiger charge is 2.26. The van der Waals surface area contributed by atoms with Crippen LogP contribution in [0.15, 0.2) is 18.2 Å². The zero-order valence-corrected chi connectivity index (χ0v) is 15.7. The van der Waals surface area contributed by atoms with Crippen molar-refractivity contribution in [2.45, 2.75) is 38.5 Å². The van der Waals surface area contributed by atoms with Gasteiger partial charge in [0, 0.05) is 38.4 Å². The van der Waals surface area contributed by atoms with Crippen molar-refractivity contribution < 1.29 is 9.53 Å². The minimum absolute atomic E-state index is 0.0793. The van der Waals surface area contributed by atoms with E-state index in [1.807, 2.05) is 4.90 Å². The number of piperidine rings is 1. The number of nitrogens with zero attached hydrogens (tertiary/aromatic N) is 2. The van der Waals surface area contributed by atoms with Gasteiger partial charge in [-0.25, -0.2) is 4.79 Å². The first-order valence-electron chi connectivity index (χ1n) is 10.3. The molecule has 2 amide bonds. The molecule has 1 aromatic rings.